The van der Waals surface area contributed by atoms with Gasteiger partial charge in [-0.15, -0.1) is 12.4 Å². The zero-order chi connectivity index (χ0) is 26.2. The van der Waals surface area contributed by atoms with Gasteiger partial charge in [0.15, 0.2) is 5.43 Å². The molecule has 1 saturated heterocycles. The number of halogens is 2. The molecule has 0 radical (unpaired) electrons. The SMILES string of the molecule is Cc1ccc(N2CCC[C@H](N(Cc3ccnc(C)c3)Cc3cn(C4CC4)c4ccc(F)cc4c3=O)C2)cn1.Cl. The van der Waals surface area contributed by atoms with E-state index in [1.807, 2.05) is 32.4 Å². The summed E-state index contributed by atoms with van der Waals surface area (Å²) in [5, 5.41) is 0.477. The molecule has 0 bridgehead atoms. The summed E-state index contributed by atoms with van der Waals surface area (Å²) in [6.45, 7) is 7.11. The second-order valence-corrected chi connectivity index (χ2v) is 10.9. The van der Waals surface area contributed by atoms with Crippen LogP contribution in [0.15, 0.2) is 65.8 Å². The molecule has 4 heterocycles. The zero-order valence-corrected chi connectivity index (χ0v) is 23.3. The largest absolute Gasteiger partial charge is 0.369 e. The van der Waals surface area contributed by atoms with Gasteiger partial charge in [-0.1, -0.05) is 0 Å². The minimum Gasteiger partial charge on any atom is -0.369 e. The van der Waals surface area contributed by atoms with Crippen molar-refractivity contribution in [3.05, 3.63) is 99.6 Å². The minimum absolute atomic E-state index is 0. The Hall–Kier alpha value is -3.29. The first kappa shape index (κ1) is 27.3. The van der Waals surface area contributed by atoms with Crippen LogP contribution in [0.2, 0.25) is 0 Å². The average Bonchev–Trinajstić information content (AvgIpc) is 3.76. The molecule has 2 aliphatic rings. The molecule has 0 unspecified atom stereocenters. The van der Waals surface area contributed by atoms with Crippen LogP contribution in [0.3, 0.4) is 0 Å². The maximum Gasteiger partial charge on any atom is 0.193 e. The van der Waals surface area contributed by atoms with Gasteiger partial charge in [-0.2, -0.15) is 0 Å². The molecular formula is C31H35ClFN5O. The third-order valence-corrected chi connectivity index (χ3v) is 7.90. The highest BCUT2D eigenvalue weighted by Gasteiger charge is 2.29. The van der Waals surface area contributed by atoms with Crippen LogP contribution in [0.25, 0.3) is 10.9 Å². The van der Waals surface area contributed by atoms with Crippen LogP contribution in [0.4, 0.5) is 10.1 Å². The molecule has 1 atom stereocenters. The van der Waals surface area contributed by atoms with Gasteiger partial charge in [-0.25, -0.2) is 4.39 Å². The number of aromatic nitrogens is 3. The van der Waals surface area contributed by atoms with E-state index in [0.29, 0.717) is 18.0 Å². The standard InChI is InChI=1S/C31H34FN5O.ClH/c1-21-5-7-27(16-34-21)35-13-3-4-28(20-35)36(17-23-11-12-33-22(2)14-23)18-24-19-37(26-8-9-26)30-10-6-25(32)15-29(30)31(24)38;/h5-7,10-12,14-16,19,26,28H,3-4,8-9,13,17-18,20H2,1-2H3;1H/t28-;/m0./s1. The van der Waals surface area contributed by atoms with Gasteiger partial charge in [-0.05, 0) is 87.6 Å². The molecule has 2 fully saturated rings. The Morgan fingerprint density at radius 1 is 1.00 bits per heavy atom. The normalized spacial score (nSPS) is 17.4. The van der Waals surface area contributed by atoms with Crippen molar-refractivity contribution < 1.29 is 4.39 Å². The molecule has 0 N–H and O–H groups in total. The van der Waals surface area contributed by atoms with Crippen LogP contribution >= 0.6 is 12.4 Å². The molecule has 8 heteroatoms. The van der Waals surface area contributed by atoms with Crippen molar-refractivity contribution in [3.63, 3.8) is 0 Å². The van der Waals surface area contributed by atoms with Crippen LogP contribution in [-0.2, 0) is 13.1 Å². The highest BCUT2D eigenvalue weighted by molar-refractivity contribution is 5.85. The monoisotopic (exact) mass is 547 g/mol. The predicted octanol–water partition coefficient (Wildman–Crippen LogP) is 5.98. The Kier molecular flexibility index (Phi) is 8.01. The third kappa shape index (κ3) is 5.99. The molecule has 0 spiro atoms. The van der Waals surface area contributed by atoms with Crippen LogP contribution < -0.4 is 10.3 Å². The molecule has 4 aromatic rings. The lowest BCUT2D eigenvalue weighted by Crippen LogP contribution is -2.48. The number of fused-ring (bicyclic) bond motifs is 1. The molecule has 1 aromatic carbocycles. The molecule has 1 aliphatic carbocycles. The van der Waals surface area contributed by atoms with Gasteiger partial charge < -0.3 is 9.47 Å². The smallest absolute Gasteiger partial charge is 0.193 e. The van der Waals surface area contributed by atoms with Crippen LogP contribution in [0.5, 0.6) is 0 Å². The van der Waals surface area contributed by atoms with Crippen LogP contribution in [0.1, 0.15) is 54.2 Å². The summed E-state index contributed by atoms with van der Waals surface area (Å²) in [5.74, 6) is -0.368. The lowest BCUT2D eigenvalue weighted by Gasteiger charge is -2.40. The molecule has 1 saturated carbocycles. The molecule has 6 nitrogen and oxygen atoms in total. The second-order valence-electron chi connectivity index (χ2n) is 10.9. The maximum atomic E-state index is 14.2. The fourth-order valence-electron chi connectivity index (χ4n) is 5.76. The van der Waals surface area contributed by atoms with E-state index in [1.54, 1.807) is 6.07 Å². The summed E-state index contributed by atoms with van der Waals surface area (Å²) in [6, 6.07) is 13.6. The van der Waals surface area contributed by atoms with Crippen molar-refractivity contribution in [2.24, 2.45) is 0 Å². The van der Waals surface area contributed by atoms with Gasteiger partial charge in [-0.3, -0.25) is 19.7 Å². The van der Waals surface area contributed by atoms with Gasteiger partial charge in [0.25, 0.3) is 0 Å². The summed E-state index contributed by atoms with van der Waals surface area (Å²) >= 11 is 0. The fourth-order valence-corrected chi connectivity index (χ4v) is 5.76. The number of benzene rings is 1. The van der Waals surface area contributed by atoms with E-state index >= 15 is 0 Å². The number of hydrogen-bond donors (Lipinski definition) is 0. The number of nitrogens with zero attached hydrogens (tertiary/aromatic N) is 5. The third-order valence-electron chi connectivity index (χ3n) is 7.90. The van der Waals surface area contributed by atoms with E-state index in [9.17, 15) is 9.18 Å². The van der Waals surface area contributed by atoms with Crippen molar-refractivity contribution in [3.8, 4) is 0 Å². The Morgan fingerprint density at radius 2 is 1.85 bits per heavy atom. The topological polar surface area (TPSA) is 54.3 Å². The Labute approximate surface area is 234 Å². The van der Waals surface area contributed by atoms with Crippen molar-refractivity contribution in [2.45, 2.75) is 64.7 Å². The van der Waals surface area contributed by atoms with Gasteiger partial charge in [0.1, 0.15) is 5.82 Å². The first-order valence-corrected chi connectivity index (χ1v) is 13.6. The number of piperidine rings is 1. The number of rotatable bonds is 7. The number of anilines is 1. The van der Waals surface area contributed by atoms with Crippen LogP contribution in [0, 0.1) is 19.7 Å². The lowest BCUT2D eigenvalue weighted by atomic mass is 10.0. The predicted molar refractivity (Wildman–Crippen MR) is 156 cm³/mol. The first-order valence-electron chi connectivity index (χ1n) is 13.6. The Balaban J connectivity index is 0.00000308. The average molecular weight is 548 g/mol. The lowest BCUT2D eigenvalue weighted by molar-refractivity contribution is 0.158. The number of pyridine rings is 3. The highest BCUT2D eigenvalue weighted by atomic mass is 35.5. The first-order chi connectivity index (χ1) is 18.4. The summed E-state index contributed by atoms with van der Waals surface area (Å²) in [4.78, 5) is 27.4. The van der Waals surface area contributed by atoms with E-state index in [4.69, 9.17) is 0 Å². The summed E-state index contributed by atoms with van der Waals surface area (Å²) in [7, 11) is 0. The van der Waals surface area contributed by atoms with E-state index < -0.39 is 0 Å². The zero-order valence-electron chi connectivity index (χ0n) is 22.5. The molecular weight excluding hydrogens is 513 g/mol. The summed E-state index contributed by atoms with van der Waals surface area (Å²) in [5.41, 5.74) is 5.80. The van der Waals surface area contributed by atoms with Crippen molar-refractivity contribution in [1.29, 1.82) is 0 Å². The molecule has 6 rings (SSSR count). The number of aryl methyl sites for hydroxylation is 2. The number of hydrogen-bond acceptors (Lipinski definition) is 5. The van der Waals surface area contributed by atoms with Gasteiger partial charge >= 0.3 is 0 Å². The Morgan fingerprint density at radius 3 is 2.59 bits per heavy atom. The van der Waals surface area contributed by atoms with Crippen molar-refractivity contribution in [1.82, 2.24) is 19.4 Å². The van der Waals surface area contributed by atoms with E-state index in [2.05, 4.69) is 48.6 Å². The minimum atomic E-state index is -0.368. The molecule has 3 aromatic heterocycles. The van der Waals surface area contributed by atoms with E-state index in [-0.39, 0.29) is 29.7 Å². The van der Waals surface area contributed by atoms with Crippen LogP contribution in [-0.4, -0.2) is 38.6 Å². The van der Waals surface area contributed by atoms with Gasteiger partial charge in [0.2, 0.25) is 0 Å². The Bertz CT molecular complexity index is 1520. The molecule has 39 heavy (non-hydrogen) atoms. The van der Waals surface area contributed by atoms with E-state index in [1.165, 1.54) is 17.7 Å². The second kappa shape index (κ2) is 11.4. The van der Waals surface area contributed by atoms with Crippen molar-refractivity contribution in [2.75, 3.05) is 18.0 Å². The fraction of sp³-hybridized carbons (Fsp3) is 0.387. The van der Waals surface area contributed by atoms with Crippen molar-refractivity contribution >= 4 is 29.0 Å². The maximum absolute atomic E-state index is 14.2. The highest BCUT2D eigenvalue weighted by Crippen LogP contribution is 2.37. The van der Waals surface area contributed by atoms with E-state index in [0.717, 1.165) is 73.5 Å². The summed E-state index contributed by atoms with van der Waals surface area (Å²) < 4.78 is 16.4. The van der Waals surface area contributed by atoms with Gasteiger partial charge in [0.05, 0.1) is 17.4 Å². The summed E-state index contributed by atoms with van der Waals surface area (Å²) in [6.07, 6.45) is 10.2. The molecule has 1 aliphatic heterocycles. The van der Waals surface area contributed by atoms with Gasteiger partial charge in [0, 0.05) is 73.0 Å². The molecule has 0 amide bonds. The molecule has 204 valence electrons. The quantitative estimate of drug-likeness (QED) is 0.285.